The number of benzene rings is 1. The van der Waals surface area contributed by atoms with E-state index in [1.165, 1.54) is 31.4 Å². The van der Waals surface area contributed by atoms with Crippen molar-refractivity contribution in [3.05, 3.63) is 29.8 Å². The molecule has 2 unspecified atom stereocenters. The van der Waals surface area contributed by atoms with Crippen LogP contribution in [0.2, 0.25) is 0 Å². The molecule has 0 N–H and O–H groups in total. The molecule has 0 radical (unpaired) electrons. The molecule has 0 aliphatic carbocycles. The quantitative estimate of drug-likeness (QED) is 0.803. The molecule has 2 heterocycles. The molecule has 4 heteroatoms. The van der Waals surface area contributed by atoms with E-state index in [4.69, 9.17) is 4.74 Å². The molecule has 1 aromatic rings. The molecule has 0 aromatic heterocycles. The molecule has 132 valence electrons. The van der Waals surface area contributed by atoms with Crippen LogP contribution in [0, 0.1) is 0 Å². The number of aryl methyl sites for hydroxylation is 1. The standard InChI is InChI=1S/C20H30N2O2/c1-3-21-14-4-6-18(21)19-7-5-15-22(19)20(23)13-10-16-8-11-17(24-2)12-9-16/h8-9,11-12,18-19H,3-7,10,13-15H2,1-2H3. The van der Waals surface area contributed by atoms with E-state index in [1.54, 1.807) is 7.11 Å². The summed E-state index contributed by atoms with van der Waals surface area (Å²) in [4.78, 5) is 17.5. The van der Waals surface area contributed by atoms with Crippen LogP contribution < -0.4 is 4.74 Å². The predicted octanol–water partition coefficient (Wildman–Crippen LogP) is 3.10. The third kappa shape index (κ3) is 3.75. The van der Waals surface area contributed by atoms with Gasteiger partial charge in [-0.1, -0.05) is 19.1 Å². The van der Waals surface area contributed by atoms with Crippen molar-refractivity contribution >= 4 is 5.91 Å². The molecule has 2 aliphatic rings. The molecular formula is C20H30N2O2. The number of hydrogen-bond acceptors (Lipinski definition) is 3. The summed E-state index contributed by atoms with van der Waals surface area (Å²) in [6, 6.07) is 9.08. The highest BCUT2D eigenvalue weighted by Crippen LogP contribution is 2.30. The summed E-state index contributed by atoms with van der Waals surface area (Å²) in [6.45, 7) is 5.49. The Morgan fingerprint density at radius 3 is 2.54 bits per heavy atom. The Balaban J connectivity index is 1.57. The number of ether oxygens (including phenoxy) is 1. The first-order valence-electron chi connectivity index (χ1n) is 9.39. The lowest BCUT2D eigenvalue weighted by Gasteiger charge is -2.34. The van der Waals surface area contributed by atoms with Gasteiger partial charge in [-0.05, 0) is 62.9 Å². The first kappa shape index (κ1) is 17.3. The van der Waals surface area contributed by atoms with Crippen molar-refractivity contribution < 1.29 is 9.53 Å². The van der Waals surface area contributed by atoms with Crippen LogP contribution >= 0.6 is 0 Å². The number of amides is 1. The largest absolute Gasteiger partial charge is 0.497 e. The SMILES string of the molecule is CCN1CCCC1C1CCCN1C(=O)CCc1ccc(OC)cc1. The summed E-state index contributed by atoms with van der Waals surface area (Å²) in [5.74, 6) is 1.20. The minimum Gasteiger partial charge on any atom is -0.497 e. The summed E-state index contributed by atoms with van der Waals surface area (Å²) < 4.78 is 5.19. The van der Waals surface area contributed by atoms with E-state index < -0.39 is 0 Å². The first-order valence-corrected chi connectivity index (χ1v) is 9.39. The number of rotatable bonds is 6. The molecule has 0 saturated carbocycles. The molecule has 2 aliphatic heterocycles. The molecule has 0 spiro atoms. The maximum atomic E-state index is 12.8. The Bertz CT molecular complexity index is 543. The summed E-state index contributed by atoms with van der Waals surface area (Å²) >= 11 is 0. The van der Waals surface area contributed by atoms with Gasteiger partial charge in [-0.25, -0.2) is 0 Å². The normalized spacial score (nSPS) is 24.5. The Hall–Kier alpha value is -1.55. The van der Waals surface area contributed by atoms with Crippen molar-refractivity contribution in [3.63, 3.8) is 0 Å². The van der Waals surface area contributed by atoms with Crippen molar-refractivity contribution in [2.75, 3.05) is 26.7 Å². The summed E-state index contributed by atoms with van der Waals surface area (Å²) in [5, 5.41) is 0. The second-order valence-corrected chi connectivity index (χ2v) is 6.98. The Labute approximate surface area is 145 Å². The maximum absolute atomic E-state index is 12.8. The number of carbonyl (C=O) groups excluding carboxylic acids is 1. The van der Waals surface area contributed by atoms with E-state index in [9.17, 15) is 4.79 Å². The number of nitrogens with zero attached hydrogens (tertiary/aromatic N) is 2. The van der Waals surface area contributed by atoms with Crippen LogP contribution in [0.1, 0.15) is 44.6 Å². The number of carbonyl (C=O) groups is 1. The number of hydrogen-bond donors (Lipinski definition) is 0. The second kappa shape index (κ2) is 8.02. The van der Waals surface area contributed by atoms with E-state index in [-0.39, 0.29) is 0 Å². The van der Waals surface area contributed by atoms with Crippen molar-refractivity contribution in [2.24, 2.45) is 0 Å². The molecule has 3 rings (SSSR count). The van der Waals surface area contributed by atoms with Crippen LogP contribution in [-0.2, 0) is 11.2 Å². The van der Waals surface area contributed by atoms with Crippen molar-refractivity contribution in [1.29, 1.82) is 0 Å². The van der Waals surface area contributed by atoms with Gasteiger partial charge in [-0.3, -0.25) is 9.69 Å². The monoisotopic (exact) mass is 330 g/mol. The van der Waals surface area contributed by atoms with E-state index in [1.807, 2.05) is 12.1 Å². The summed E-state index contributed by atoms with van der Waals surface area (Å²) in [7, 11) is 1.68. The van der Waals surface area contributed by atoms with Gasteiger partial charge in [0.25, 0.3) is 0 Å². The number of likely N-dealkylation sites (tertiary alicyclic amines) is 2. The van der Waals surface area contributed by atoms with Crippen LogP contribution in [0.15, 0.2) is 24.3 Å². The fourth-order valence-electron chi connectivity index (χ4n) is 4.37. The molecule has 2 atom stereocenters. The lowest BCUT2D eigenvalue weighted by molar-refractivity contribution is -0.133. The van der Waals surface area contributed by atoms with Gasteiger partial charge in [-0.2, -0.15) is 0 Å². The average Bonchev–Trinajstić information content (AvgIpc) is 3.28. The van der Waals surface area contributed by atoms with Gasteiger partial charge in [0.2, 0.25) is 5.91 Å². The van der Waals surface area contributed by atoms with Gasteiger partial charge in [0.05, 0.1) is 7.11 Å². The van der Waals surface area contributed by atoms with E-state index in [0.29, 0.717) is 24.4 Å². The third-order valence-electron chi connectivity index (χ3n) is 5.67. The van der Waals surface area contributed by atoms with Crippen LogP contribution in [0.5, 0.6) is 5.75 Å². The molecule has 24 heavy (non-hydrogen) atoms. The van der Waals surface area contributed by atoms with Gasteiger partial charge < -0.3 is 9.64 Å². The fourth-order valence-corrected chi connectivity index (χ4v) is 4.37. The van der Waals surface area contributed by atoms with Gasteiger partial charge in [0, 0.05) is 25.0 Å². The van der Waals surface area contributed by atoms with E-state index in [0.717, 1.165) is 31.7 Å². The summed E-state index contributed by atoms with van der Waals surface area (Å²) in [6.07, 6.45) is 6.29. The summed E-state index contributed by atoms with van der Waals surface area (Å²) in [5.41, 5.74) is 1.20. The highest BCUT2D eigenvalue weighted by atomic mass is 16.5. The van der Waals surface area contributed by atoms with Crippen LogP contribution in [0.25, 0.3) is 0 Å². The lowest BCUT2D eigenvalue weighted by Crippen LogP contribution is -2.48. The van der Waals surface area contributed by atoms with Gasteiger partial charge in [-0.15, -0.1) is 0 Å². The molecule has 2 fully saturated rings. The Morgan fingerprint density at radius 1 is 1.12 bits per heavy atom. The smallest absolute Gasteiger partial charge is 0.223 e. The third-order valence-corrected chi connectivity index (χ3v) is 5.67. The number of likely N-dealkylation sites (N-methyl/N-ethyl adjacent to an activating group) is 1. The molecule has 4 nitrogen and oxygen atoms in total. The zero-order chi connectivity index (χ0) is 16.9. The number of methoxy groups -OCH3 is 1. The van der Waals surface area contributed by atoms with Crippen LogP contribution in [0.4, 0.5) is 0 Å². The van der Waals surface area contributed by atoms with Crippen LogP contribution in [0.3, 0.4) is 0 Å². The van der Waals surface area contributed by atoms with E-state index >= 15 is 0 Å². The minimum absolute atomic E-state index is 0.330. The Kier molecular flexibility index (Phi) is 5.77. The average molecular weight is 330 g/mol. The zero-order valence-electron chi connectivity index (χ0n) is 15.0. The van der Waals surface area contributed by atoms with Gasteiger partial charge in [0.15, 0.2) is 0 Å². The first-order chi connectivity index (χ1) is 11.7. The van der Waals surface area contributed by atoms with Crippen LogP contribution in [-0.4, -0.2) is 54.5 Å². The topological polar surface area (TPSA) is 32.8 Å². The fraction of sp³-hybridized carbons (Fsp3) is 0.650. The highest BCUT2D eigenvalue weighted by molar-refractivity contribution is 5.77. The van der Waals surface area contributed by atoms with Crippen molar-refractivity contribution in [3.8, 4) is 5.75 Å². The van der Waals surface area contributed by atoms with Crippen molar-refractivity contribution in [2.45, 2.75) is 57.5 Å². The minimum atomic E-state index is 0.330. The lowest BCUT2D eigenvalue weighted by atomic mass is 10.0. The maximum Gasteiger partial charge on any atom is 0.223 e. The van der Waals surface area contributed by atoms with E-state index in [2.05, 4.69) is 28.9 Å². The predicted molar refractivity (Wildman–Crippen MR) is 96.3 cm³/mol. The molecule has 1 amide bonds. The van der Waals surface area contributed by atoms with Crippen molar-refractivity contribution in [1.82, 2.24) is 9.80 Å². The molecule has 0 bridgehead atoms. The second-order valence-electron chi connectivity index (χ2n) is 6.98. The van der Waals surface area contributed by atoms with Gasteiger partial charge in [0.1, 0.15) is 5.75 Å². The Morgan fingerprint density at radius 2 is 1.83 bits per heavy atom. The molecular weight excluding hydrogens is 300 g/mol. The van der Waals surface area contributed by atoms with Gasteiger partial charge >= 0.3 is 0 Å². The highest BCUT2D eigenvalue weighted by Gasteiger charge is 2.38. The molecule has 2 saturated heterocycles. The molecule has 1 aromatic carbocycles. The zero-order valence-corrected chi connectivity index (χ0v) is 15.0.